The SMILES string of the molecule is [2H]C([2H])([2H])C(C)(C)c1ccc(-c2ccccc2N(c2ccc3c(c2)C(C)(C)c2ccccc2-3)c2ccc3c(c2)C2(c4ccccc4-3)c3cc(C(C)(C)C)ccc3-c3ccc(C(C)(C)C)cc32)cc1. The third kappa shape index (κ3) is 6.11. The molecule has 1 spiro atoms. The first kappa shape index (κ1) is 37.9. The first-order chi connectivity index (χ1) is 32.1. The third-order valence-electron chi connectivity index (χ3n) is 15.0. The number of rotatable bonds is 4. The van der Waals surface area contributed by atoms with Gasteiger partial charge in [-0.3, -0.25) is 0 Å². The largest absolute Gasteiger partial charge is 0.310 e. The lowest BCUT2D eigenvalue weighted by molar-refractivity contribution is 0.586. The van der Waals surface area contributed by atoms with Crippen LogP contribution < -0.4 is 4.90 Å². The summed E-state index contributed by atoms with van der Waals surface area (Å²) in [5.74, 6) is 0. The highest BCUT2D eigenvalue weighted by molar-refractivity contribution is 5.98. The van der Waals surface area contributed by atoms with Gasteiger partial charge in [0.2, 0.25) is 0 Å². The molecule has 0 amide bonds. The summed E-state index contributed by atoms with van der Waals surface area (Å²) in [5, 5.41) is 0. The summed E-state index contributed by atoms with van der Waals surface area (Å²) in [6.45, 7) is 20.1. The maximum absolute atomic E-state index is 8.33. The van der Waals surface area contributed by atoms with Crippen LogP contribution in [0.1, 0.15) is 130 Å². The van der Waals surface area contributed by atoms with Crippen molar-refractivity contribution in [3.05, 3.63) is 220 Å². The number of hydrogen-bond acceptors (Lipinski definition) is 1. The fourth-order valence-corrected chi connectivity index (χ4v) is 11.5. The van der Waals surface area contributed by atoms with Gasteiger partial charge in [0.1, 0.15) is 0 Å². The van der Waals surface area contributed by atoms with E-state index in [1.807, 2.05) is 26.0 Å². The van der Waals surface area contributed by atoms with Gasteiger partial charge in [0.15, 0.2) is 0 Å². The van der Waals surface area contributed by atoms with Crippen molar-refractivity contribution in [2.24, 2.45) is 0 Å². The molecule has 3 aliphatic rings. The molecule has 0 heterocycles. The highest BCUT2D eigenvalue weighted by atomic mass is 15.1. The quantitative estimate of drug-likeness (QED) is 0.171. The summed E-state index contributed by atoms with van der Waals surface area (Å²) in [7, 11) is 0. The molecule has 0 N–H and O–H groups in total. The van der Waals surface area contributed by atoms with Crippen LogP contribution in [0.3, 0.4) is 0 Å². The molecule has 3 aliphatic carbocycles. The number of para-hydroxylation sites is 1. The molecule has 1 nitrogen and oxygen atoms in total. The number of nitrogens with zero attached hydrogens (tertiary/aromatic N) is 1. The molecule has 11 rings (SSSR count). The van der Waals surface area contributed by atoms with Crippen LogP contribution in [0.15, 0.2) is 170 Å². The smallest absolute Gasteiger partial charge is 0.0726 e. The molecule has 0 atom stereocenters. The molecule has 0 radical (unpaired) electrons. The normalized spacial score (nSPS) is 15.8. The Balaban J connectivity index is 1.19. The van der Waals surface area contributed by atoms with E-state index in [9.17, 15) is 0 Å². The van der Waals surface area contributed by atoms with Crippen LogP contribution >= 0.6 is 0 Å². The predicted octanol–water partition coefficient (Wildman–Crippen LogP) is 17.4. The predicted molar refractivity (Wildman–Crippen MR) is 277 cm³/mol. The topological polar surface area (TPSA) is 3.24 Å². The van der Waals surface area contributed by atoms with Crippen molar-refractivity contribution in [2.75, 3.05) is 4.90 Å². The molecule has 65 heavy (non-hydrogen) atoms. The van der Waals surface area contributed by atoms with Crippen LogP contribution in [0.4, 0.5) is 17.1 Å². The molecule has 8 aromatic carbocycles. The van der Waals surface area contributed by atoms with E-state index in [1.54, 1.807) is 0 Å². The minimum Gasteiger partial charge on any atom is -0.310 e. The zero-order chi connectivity index (χ0) is 47.9. The standard InChI is InChI=1S/C64H61N/c1-60(2,3)41-26-24-40(25-27-41)46-18-14-17-23-59(46)65(44-30-34-49-47-19-12-15-21-53(47)63(10,11)55(49)38-44)45-31-35-52-48-20-13-16-22-54(48)64(58(52)39-45)56-36-42(61(4,5)6)28-32-50(56)51-33-29-43(37-57(51)64)62(7,8)9/h12-39H,1-11H3/i1D3. The number of benzene rings is 8. The molecule has 1 heteroatoms. The number of hydrogen-bond donors (Lipinski definition) is 0. The second kappa shape index (κ2) is 14.0. The summed E-state index contributed by atoms with van der Waals surface area (Å²) >= 11 is 0. The molecule has 0 aromatic heterocycles. The minimum atomic E-state index is -2.14. The van der Waals surface area contributed by atoms with Gasteiger partial charge in [0.25, 0.3) is 0 Å². The first-order valence-electron chi connectivity index (χ1n) is 24.9. The van der Waals surface area contributed by atoms with Gasteiger partial charge >= 0.3 is 0 Å². The lowest BCUT2D eigenvalue weighted by Gasteiger charge is -2.34. The Hall–Kier alpha value is -6.44. The van der Waals surface area contributed by atoms with E-state index in [0.717, 1.165) is 33.8 Å². The van der Waals surface area contributed by atoms with Crippen LogP contribution in [-0.2, 0) is 27.1 Å². The molecular formula is C64H61N. The molecule has 0 saturated carbocycles. The van der Waals surface area contributed by atoms with Gasteiger partial charge in [-0.1, -0.05) is 216 Å². The van der Waals surface area contributed by atoms with Gasteiger partial charge in [-0.2, -0.15) is 0 Å². The van der Waals surface area contributed by atoms with Crippen LogP contribution in [0, 0.1) is 0 Å². The van der Waals surface area contributed by atoms with Crippen molar-refractivity contribution >= 4 is 17.1 Å². The van der Waals surface area contributed by atoms with Gasteiger partial charge in [0.05, 0.1) is 11.1 Å². The van der Waals surface area contributed by atoms with E-state index in [4.69, 9.17) is 4.11 Å². The molecular weight excluding hydrogens is 783 g/mol. The van der Waals surface area contributed by atoms with Gasteiger partial charge in [0, 0.05) is 26.5 Å². The van der Waals surface area contributed by atoms with E-state index in [0.29, 0.717) is 0 Å². The highest BCUT2D eigenvalue weighted by Crippen LogP contribution is 2.64. The fourth-order valence-electron chi connectivity index (χ4n) is 11.5. The Morgan fingerprint density at radius 2 is 0.785 bits per heavy atom. The molecule has 0 unspecified atom stereocenters. The number of fused-ring (bicyclic) bond motifs is 13. The average Bonchev–Trinajstić information content (AvgIpc) is 3.86. The Bertz CT molecular complexity index is 3290. The minimum absolute atomic E-state index is 0.0490. The Morgan fingerprint density at radius 1 is 0.369 bits per heavy atom. The van der Waals surface area contributed by atoms with Gasteiger partial charge in [-0.05, 0) is 136 Å². The van der Waals surface area contributed by atoms with E-state index >= 15 is 0 Å². The number of anilines is 3. The lowest BCUT2D eigenvalue weighted by Crippen LogP contribution is -2.27. The zero-order valence-electron chi connectivity index (χ0n) is 42.6. The van der Waals surface area contributed by atoms with E-state index in [2.05, 4.69) is 218 Å². The first-order valence-corrected chi connectivity index (χ1v) is 23.4. The van der Waals surface area contributed by atoms with Gasteiger partial charge in [-0.15, -0.1) is 0 Å². The van der Waals surface area contributed by atoms with Crippen molar-refractivity contribution < 1.29 is 4.11 Å². The van der Waals surface area contributed by atoms with Crippen molar-refractivity contribution in [3.8, 4) is 44.5 Å². The molecule has 322 valence electrons. The zero-order valence-corrected chi connectivity index (χ0v) is 39.6. The second-order valence-electron chi connectivity index (χ2n) is 22.0. The maximum Gasteiger partial charge on any atom is 0.0726 e. The maximum atomic E-state index is 8.33. The Kier molecular flexibility index (Phi) is 8.18. The van der Waals surface area contributed by atoms with E-state index in [1.165, 1.54) is 77.9 Å². The third-order valence-corrected chi connectivity index (χ3v) is 15.0. The summed E-state index contributed by atoms with van der Waals surface area (Å²) in [6.07, 6.45) is 0. The van der Waals surface area contributed by atoms with Crippen molar-refractivity contribution in [1.82, 2.24) is 0 Å². The Morgan fingerprint density at radius 3 is 1.34 bits per heavy atom. The van der Waals surface area contributed by atoms with Crippen molar-refractivity contribution in [3.63, 3.8) is 0 Å². The van der Waals surface area contributed by atoms with Crippen LogP contribution in [-0.4, -0.2) is 0 Å². The molecule has 0 saturated heterocycles. The van der Waals surface area contributed by atoms with E-state index in [-0.39, 0.29) is 16.2 Å². The second-order valence-corrected chi connectivity index (χ2v) is 22.0. The summed E-state index contributed by atoms with van der Waals surface area (Å²) in [6, 6.07) is 63.7. The average molecular weight is 847 g/mol. The molecule has 0 fully saturated rings. The Labute approximate surface area is 392 Å². The van der Waals surface area contributed by atoms with Gasteiger partial charge < -0.3 is 4.90 Å². The van der Waals surface area contributed by atoms with Crippen molar-refractivity contribution in [2.45, 2.75) is 103 Å². The highest BCUT2D eigenvalue weighted by Gasteiger charge is 2.52. The van der Waals surface area contributed by atoms with Gasteiger partial charge in [-0.25, -0.2) is 0 Å². The lowest BCUT2D eigenvalue weighted by atomic mass is 9.68. The molecule has 0 bridgehead atoms. The molecule has 8 aromatic rings. The van der Waals surface area contributed by atoms with Crippen LogP contribution in [0.25, 0.3) is 44.5 Å². The summed E-state index contributed by atoms with van der Waals surface area (Å²) in [5.41, 5.74) is 22.6. The molecule has 0 aliphatic heterocycles. The fraction of sp³-hybridized carbons (Fsp3) is 0.250. The van der Waals surface area contributed by atoms with Crippen molar-refractivity contribution in [1.29, 1.82) is 0 Å². The summed E-state index contributed by atoms with van der Waals surface area (Å²) < 4.78 is 25.0. The summed E-state index contributed by atoms with van der Waals surface area (Å²) in [4.78, 5) is 2.47. The van der Waals surface area contributed by atoms with Crippen LogP contribution in [0.2, 0.25) is 0 Å². The van der Waals surface area contributed by atoms with E-state index < -0.39 is 17.7 Å². The van der Waals surface area contributed by atoms with Crippen LogP contribution in [0.5, 0.6) is 0 Å². The monoisotopic (exact) mass is 846 g/mol.